The minimum absolute atomic E-state index is 0.0731. The van der Waals surface area contributed by atoms with Gasteiger partial charge in [0.2, 0.25) is 5.91 Å². The SMILES string of the molecule is CC(=O)NC1(c2ccc(F)cc2)CCN(Cc2ccccc2OCc2ccccn2)CC1.O=C(O)CC(O)(CC(=O)O)C(=O)O. The Morgan fingerprint density at radius 2 is 1.53 bits per heavy atom. The molecule has 4 rings (SSSR count). The van der Waals surface area contributed by atoms with Crippen molar-refractivity contribution in [1.29, 1.82) is 0 Å². The van der Waals surface area contributed by atoms with Gasteiger partial charge in [-0.1, -0.05) is 36.4 Å². The number of carboxylic acid groups (broad SMARTS) is 3. The van der Waals surface area contributed by atoms with Gasteiger partial charge in [-0.2, -0.15) is 0 Å². The summed E-state index contributed by atoms with van der Waals surface area (Å²) in [7, 11) is 0. The number of amides is 1. The summed E-state index contributed by atoms with van der Waals surface area (Å²) in [5.41, 5.74) is -0.243. The van der Waals surface area contributed by atoms with Gasteiger partial charge in [-0.3, -0.25) is 24.3 Å². The number of nitrogens with zero attached hydrogens (tertiary/aromatic N) is 2. The van der Waals surface area contributed by atoms with Crippen LogP contribution in [0.25, 0.3) is 0 Å². The van der Waals surface area contributed by atoms with Crippen molar-refractivity contribution in [2.24, 2.45) is 0 Å². The minimum atomic E-state index is -2.74. The van der Waals surface area contributed by atoms with Crippen molar-refractivity contribution in [3.8, 4) is 5.75 Å². The predicted octanol–water partition coefficient (Wildman–Crippen LogP) is 3.18. The average Bonchev–Trinajstić information content (AvgIpc) is 2.98. The van der Waals surface area contributed by atoms with Gasteiger partial charge in [0.1, 0.15) is 18.2 Å². The van der Waals surface area contributed by atoms with E-state index in [1.54, 1.807) is 18.3 Å². The van der Waals surface area contributed by atoms with Crippen molar-refractivity contribution in [3.63, 3.8) is 0 Å². The Morgan fingerprint density at radius 1 is 0.933 bits per heavy atom. The van der Waals surface area contributed by atoms with E-state index in [0.29, 0.717) is 6.61 Å². The maximum Gasteiger partial charge on any atom is 0.336 e. The lowest BCUT2D eigenvalue weighted by Crippen LogP contribution is -2.52. The van der Waals surface area contributed by atoms with Gasteiger partial charge in [-0.25, -0.2) is 9.18 Å². The second-order valence-electron chi connectivity index (χ2n) is 10.7. The van der Waals surface area contributed by atoms with E-state index in [0.717, 1.165) is 55.0 Å². The van der Waals surface area contributed by atoms with Gasteiger partial charge in [0.15, 0.2) is 5.60 Å². The second-order valence-corrected chi connectivity index (χ2v) is 10.7. The number of rotatable bonds is 12. The fraction of sp³-hybridized carbons (Fsp3) is 0.344. The molecule has 1 aliphatic rings. The van der Waals surface area contributed by atoms with Gasteiger partial charge < -0.3 is 30.5 Å². The number of para-hydroxylation sites is 1. The number of benzene rings is 2. The number of carbonyl (C=O) groups is 4. The van der Waals surface area contributed by atoms with E-state index in [1.165, 1.54) is 19.1 Å². The number of hydrogen-bond acceptors (Lipinski definition) is 8. The summed E-state index contributed by atoms with van der Waals surface area (Å²) in [4.78, 5) is 49.1. The van der Waals surface area contributed by atoms with E-state index < -0.39 is 41.9 Å². The molecular weight excluding hydrogens is 589 g/mol. The van der Waals surface area contributed by atoms with Crippen molar-refractivity contribution in [2.45, 2.75) is 56.9 Å². The van der Waals surface area contributed by atoms with Gasteiger partial charge in [0, 0.05) is 38.3 Å². The van der Waals surface area contributed by atoms with Gasteiger partial charge in [-0.05, 0) is 48.7 Å². The molecule has 45 heavy (non-hydrogen) atoms. The number of ether oxygens (including phenoxy) is 1. The maximum atomic E-state index is 13.4. The molecule has 5 N–H and O–H groups in total. The topological polar surface area (TPSA) is 187 Å². The summed E-state index contributed by atoms with van der Waals surface area (Å²) in [5.74, 6) is -4.51. The number of pyridine rings is 1. The Bertz CT molecular complexity index is 1440. The first-order valence-electron chi connectivity index (χ1n) is 14.1. The number of piperidine rings is 1. The van der Waals surface area contributed by atoms with Crippen LogP contribution in [0.3, 0.4) is 0 Å². The highest BCUT2D eigenvalue weighted by Crippen LogP contribution is 2.34. The summed E-state index contributed by atoms with van der Waals surface area (Å²) in [6, 6.07) is 20.3. The molecule has 0 aliphatic carbocycles. The third kappa shape index (κ3) is 10.4. The van der Waals surface area contributed by atoms with Crippen LogP contribution in [0.15, 0.2) is 72.9 Å². The number of halogens is 1. The van der Waals surface area contributed by atoms with Crippen LogP contribution in [-0.2, 0) is 37.9 Å². The molecule has 1 aromatic heterocycles. The Morgan fingerprint density at radius 3 is 2.07 bits per heavy atom. The Balaban J connectivity index is 0.000000360. The molecule has 13 heteroatoms. The Labute approximate surface area is 259 Å². The first-order chi connectivity index (χ1) is 21.3. The van der Waals surface area contributed by atoms with Crippen molar-refractivity contribution in [3.05, 3.63) is 95.6 Å². The molecule has 2 heterocycles. The lowest BCUT2D eigenvalue weighted by molar-refractivity contribution is -0.170. The normalized spacial score (nSPS) is 14.4. The van der Waals surface area contributed by atoms with Crippen LogP contribution in [-0.4, -0.2) is 72.8 Å². The van der Waals surface area contributed by atoms with Gasteiger partial charge in [0.25, 0.3) is 0 Å². The number of carbonyl (C=O) groups excluding carboxylic acids is 1. The van der Waals surface area contributed by atoms with Crippen molar-refractivity contribution >= 4 is 23.8 Å². The van der Waals surface area contributed by atoms with Crippen LogP contribution < -0.4 is 10.1 Å². The fourth-order valence-electron chi connectivity index (χ4n) is 5.05. The zero-order valence-electron chi connectivity index (χ0n) is 24.7. The quantitative estimate of drug-likeness (QED) is 0.199. The number of aliphatic carboxylic acids is 3. The van der Waals surface area contributed by atoms with Crippen LogP contribution in [0.1, 0.15) is 49.4 Å². The average molecular weight is 626 g/mol. The largest absolute Gasteiger partial charge is 0.487 e. The number of likely N-dealkylation sites (tertiary alicyclic amines) is 1. The monoisotopic (exact) mass is 625 g/mol. The minimum Gasteiger partial charge on any atom is -0.487 e. The lowest BCUT2D eigenvalue weighted by atomic mass is 9.80. The van der Waals surface area contributed by atoms with Gasteiger partial charge in [-0.15, -0.1) is 0 Å². The summed E-state index contributed by atoms with van der Waals surface area (Å²) < 4.78 is 19.5. The first-order valence-corrected chi connectivity index (χ1v) is 14.1. The van der Waals surface area contributed by atoms with Crippen molar-refractivity contribution in [2.75, 3.05) is 13.1 Å². The molecule has 3 aromatic rings. The highest BCUT2D eigenvalue weighted by Gasteiger charge is 2.41. The molecular formula is C32H36FN3O9. The van der Waals surface area contributed by atoms with E-state index in [1.807, 2.05) is 36.4 Å². The van der Waals surface area contributed by atoms with Crippen LogP contribution >= 0.6 is 0 Å². The molecule has 1 aliphatic heterocycles. The fourth-order valence-corrected chi connectivity index (χ4v) is 5.05. The van der Waals surface area contributed by atoms with E-state index in [-0.39, 0.29) is 11.7 Å². The number of nitrogens with one attached hydrogen (secondary N) is 1. The number of hydrogen-bond donors (Lipinski definition) is 5. The Hall–Kier alpha value is -4.88. The first kappa shape index (κ1) is 34.6. The summed E-state index contributed by atoms with van der Waals surface area (Å²) >= 11 is 0. The molecule has 0 bridgehead atoms. The van der Waals surface area contributed by atoms with Gasteiger partial charge in [0.05, 0.1) is 24.1 Å². The standard InChI is InChI=1S/C26H28FN3O2.C6H8O7/c1-20(31)29-26(22-9-11-23(27)12-10-22)13-16-30(17-14-26)18-21-6-2-3-8-25(21)32-19-24-7-4-5-15-28-24;7-3(8)1-6(13,5(11)12)2-4(9)10/h2-12,15H,13-14,16-19H2,1H3,(H,29,31);13H,1-2H2,(H,7,8)(H,9,10)(H,11,12). The zero-order chi connectivity index (χ0) is 33.0. The highest BCUT2D eigenvalue weighted by atomic mass is 19.1. The molecule has 1 saturated heterocycles. The van der Waals surface area contributed by atoms with Crippen LogP contribution in [0.2, 0.25) is 0 Å². The number of aromatic nitrogens is 1. The third-order valence-corrected chi connectivity index (χ3v) is 7.28. The van der Waals surface area contributed by atoms with E-state index in [2.05, 4.69) is 21.3 Å². The van der Waals surface area contributed by atoms with Crippen molar-refractivity contribution < 1.29 is 48.7 Å². The third-order valence-electron chi connectivity index (χ3n) is 7.28. The summed E-state index contributed by atoms with van der Waals surface area (Å²) in [6.07, 6.45) is 0.994. The smallest absolute Gasteiger partial charge is 0.336 e. The molecule has 0 radical (unpaired) electrons. The second kappa shape index (κ2) is 15.7. The number of carboxylic acids is 3. The molecule has 0 saturated carbocycles. The van der Waals surface area contributed by atoms with E-state index >= 15 is 0 Å². The van der Waals surface area contributed by atoms with Crippen LogP contribution in [0, 0.1) is 5.82 Å². The highest BCUT2D eigenvalue weighted by molar-refractivity contribution is 5.88. The number of aliphatic hydroxyl groups is 1. The van der Waals surface area contributed by atoms with Crippen LogP contribution in [0.5, 0.6) is 5.75 Å². The molecule has 0 unspecified atom stereocenters. The molecule has 1 amide bonds. The summed E-state index contributed by atoms with van der Waals surface area (Å²) in [6.45, 7) is 4.34. The van der Waals surface area contributed by atoms with E-state index in [9.17, 15) is 23.6 Å². The maximum absolute atomic E-state index is 13.4. The molecule has 12 nitrogen and oxygen atoms in total. The van der Waals surface area contributed by atoms with Crippen molar-refractivity contribution in [1.82, 2.24) is 15.2 Å². The molecule has 2 aromatic carbocycles. The predicted molar refractivity (Wildman–Crippen MR) is 159 cm³/mol. The Kier molecular flexibility index (Phi) is 12.1. The molecule has 1 fully saturated rings. The summed E-state index contributed by atoms with van der Waals surface area (Å²) in [5, 5.41) is 37.0. The lowest BCUT2D eigenvalue weighted by Gasteiger charge is -2.42. The van der Waals surface area contributed by atoms with Gasteiger partial charge >= 0.3 is 17.9 Å². The van der Waals surface area contributed by atoms with Crippen LogP contribution in [0.4, 0.5) is 4.39 Å². The molecule has 240 valence electrons. The van der Waals surface area contributed by atoms with E-state index in [4.69, 9.17) is 25.2 Å². The molecule has 0 atom stereocenters. The zero-order valence-corrected chi connectivity index (χ0v) is 24.7. The molecule has 0 spiro atoms.